The zero-order valence-corrected chi connectivity index (χ0v) is 10.3. The summed E-state index contributed by atoms with van der Waals surface area (Å²) in [5.41, 5.74) is 0.639. The molecule has 0 bridgehead atoms. The Morgan fingerprint density at radius 3 is 2.81 bits per heavy atom. The van der Waals surface area contributed by atoms with Gasteiger partial charge in [0.2, 0.25) is 0 Å². The van der Waals surface area contributed by atoms with Crippen LogP contribution in [0.5, 0.6) is 5.75 Å². The molecule has 84 valence electrons. The van der Waals surface area contributed by atoms with E-state index in [-0.39, 0.29) is 5.82 Å². The highest BCUT2D eigenvalue weighted by molar-refractivity contribution is 9.08. The normalized spacial score (nSPS) is 14.8. The third kappa shape index (κ3) is 2.73. The smallest absolute Gasteiger partial charge is 0.130 e. The third-order valence-corrected chi connectivity index (χ3v) is 2.97. The number of hydrogen-bond acceptors (Lipinski definition) is 1. The predicted molar refractivity (Wildman–Crippen MR) is 66.1 cm³/mol. The van der Waals surface area contributed by atoms with Crippen molar-refractivity contribution in [3.8, 4) is 5.75 Å². The number of hydrogen-bond donors (Lipinski definition) is 0. The Hall–Kier alpha value is -1.09. The lowest BCUT2D eigenvalue weighted by Gasteiger charge is -2.10. The Bertz CT molecular complexity index is 438. The van der Waals surface area contributed by atoms with Crippen molar-refractivity contribution in [3.05, 3.63) is 53.6 Å². The molecule has 1 aromatic carbocycles. The van der Waals surface area contributed by atoms with Gasteiger partial charge in [-0.05, 0) is 36.6 Å². The summed E-state index contributed by atoms with van der Waals surface area (Å²) in [5.74, 6) is 1.09. The van der Waals surface area contributed by atoms with Gasteiger partial charge in [0.05, 0.1) is 0 Å². The fourth-order valence-corrected chi connectivity index (χ4v) is 1.96. The summed E-state index contributed by atoms with van der Waals surface area (Å²) in [7, 11) is 0. The highest BCUT2D eigenvalue weighted by atomic mass is 79.9. The van der Waals surface area contributed by atoms with Crippen molar-refractivity contribution in [3.63, 3.8) is 0 Å². The molecule has 0 aliphatic heterocycles. The molecule has 0 radical (unpaired) electrons. The molecular weight excluding hydrogens is 271 g/mol. The molecule has 0 aromatic heterocycles. The first-order valence-corrected chi connectivity index (χ1v) is 6.30. The average Bonchev–Trinajstić information content (AvgIpc) is 2.31. The molecule has 0 N–H and O–H groups in total. The van der Waals surface area contributed by atoms with Gasteiger partial charge in [0.25, 0.3) is 0 Å². The van der Waals surface area contributed by atoms with Crippen molar-refractivity contribution < 1.29 is 9.13 Å². The van der Waals surface area contributed by atoms with Crippen LogP contribution in [0.2, 0.25) is 0 Å². The van der Waals surface area contributed by atoms with E-state index in [9.17, 15) is 4.39 Å². The van der Waals surface area contributed by atoms with E-state index in [4.69, 9.17) is 4.74 Å². The van der Waals surface area contributed by atoms with Crippen molar-refractivity contribution in [2.24, 2.45) is 0 Å². The van der Waals surface area contributed by atoms with Gasteiger partial charge in [0.1, 0.15) is 17.3 Å². The molecule has 0 saturated heterocycles. The number of allylic oxidation sites excluding steroid dienone is 3. The van der Waals surface area contributed by atoms with E-state index in [2.05, 4.69) is 22.0 Å². The van der Waals surface area contributed by atoms with Crippen LogP contribution in [0, 0.1) is 5.82 Å². The topological polar surface area (TPSA) is 9.23 Å². The summed E-state index contributed by atoms with van der Waals surface area (Å²) in [6.45, 7) is 0. The lowest BCUT2D eigenvalue weighted by Crippen LogP contribution is -1.96. The van der Waals surface area contributed by atoms with E-state index in [0.717, 1.165) is 18.6 Å². The van der Waals surface area contributed by atoms with Gasteiger partial charge in [-0.25, -0.2) is 4.39 Å². The summed E-state index contributed by atoms with van der Waals surface area (Å²) < 4.78 is 19.0. The van der Waals surface area contributed by atoms with E-state index >= 15 is 0 Å². The lowest BCUT2D eigenvalue weighted by molar-refractivity contribution is 0.434. The maximum atomic E-state index is 13.5. The number of benzene rings is 1. The lowest BCUT2D eigenvalue weighted by atomic mass is 10.2. The first kappa shape index (κ1) is 11.4. The number of ether oxygens (including phenoxy) is 1. The van der Waals surface area contributed by atoms with Crippen molar-refractivity contribution >= 4 is 15.9 Å². The summed E-state index contributed by atoms with van der Waals surface area (Å²) in [4.78, 5) is 0. The molecule has 16 heavy (non-hydrogen) atoms. The third-order valence-electron chi connectivity index (χ3n) is 2.37. The molecule has 0 unspecified atom stereocenters. The van der Waals surface area contributed by atoms with Crippen LogP contribution in [0.4, 0.5) is 4.39 Å². The molecule has 0 amide bonds. The fraction of sp³-hybridized carbons (Fsp3) is 0.231. The maximum absolute atomic E-state index is 13.5. The molecule has 0 atom stereocenters. The Kier molecular flexibility index (Phi) is 3.78. The fourth-order valence-electron chi connectivity index (χ4n) is 1.50. The largest absolute Gasteiger partial charge is 0.458 e. The second-order valence-electron chi connectivity index (χ2n) is 3.58. The van der Waals surface area contributed by atoms with Crippen LogP contribution in [0.1, 0.15) is 18.4 Å². The second kappa shape index (κ2) is 5.30. The van der Waals surface area contributed by atoms with Gasteiger partial charge >= 0.3 is 0 Å². The van der Waals surface area contributed by atoms with Gasteiger partial charge in [0.15, 0.2) is 0 Å². The molecule has 0 fully saturated rings. The van der Waals surface area contributed by atoms with Crippen molar-refractivity contribution in [1.82, 2.24) is 0 Å². The van der Waals surface area contributed by atoms with E-state index in [1.807, 2.05) is 12.2 Å². The SMILES string of the molecule is Fc1cc(OC2=CCCC=C2)ccc1CBr. The molecule has 0 spiro atoms. The Morgan fingerprint density at radius 1 is 1.31 bits per heavy atom. The molecular formula is C13H12BrFO. The van der Waals surface area contributed by atoms with Crippen LogP contribution in [0.3, 0.4) is 0 Å². The minimum atomic E-state index is -0.241. The van der Waals surface area contributed by atoms with Crippen LogP contribution in [-0.2, 0) is 5.33 Å². The van der Waals surface area contributed by atoms with Crippen molar-refractivity contribution in [2.45, 2.75) is 18.2 Å². The van der Waals surface area contributed by atoms with Crippen molar-refractivity contribution in [2.75, 3.05) is 0 Å². The minimum absolute atomic E-state index is 0.241. The highest BCUT2D eigenvalue weighted by Gasteiger charge is 2.05. The van der Waals surface area contributed by atoms with Gasteiger partial charge in [0, 0.05) is 11.4 Å². The van der Waals surface area contributed by atoms with Crippen LogP contribution < -0.4 is 4.74 Å². The van der Waals surface area contributed by atoms with E-state index in [1.165, 1.54) is 6.07 Å². The van der Waals surface area contributed by atoms with Crippen LogP contribution in [-0.4, -0.2) is 0 Å². The summed E-state index contributed by atoms with van der Waals surface area (Å²) in [6.07, 6.45) is 8.01. The molecule has 2 rings (SSSR count). The van der Waals surface area contributed by atoms with Gasteiger partial charge in [-0.15, -0.1) is 0 Å². The number of alkyl halides is 1. The highest BCUT2D eigenvalue weighted by Crippen LogP contribution is 2.22. The zero-order valence-electron chi connectivity index (χ0n) is 8.75. The standard InChI is InChI=1S/C13H12BrFO/c14-9-10-6-7-12(8-13(10)15)16-11-4-2-1-3-5-11/h2,4-8H,1,3,9H2. The summed E-state index contributed by atoms with van der Waals surface area (Å²) in [6, 6.07) is 4.93. The minimum Gasteiger partial charge on any atom is -0.458 e. The summed E-state index contributed by atoms with van der Waals surface area (Å²) >= 11 is 3.23. The molecule has 3 heteroatoms. The molecule has 1 aliphatic rings. The Morgan fingerprint density at radius 2 is 2.19 bits per heavy atom. The molecule has 1 nitrogen and oxygen atoms in total. The monoisotopic (exact) mass is 282 g/mol. The van der Waals surface area contributed by atoms with Crippen LogP contribution in [0.25, 0.3) is 0 Å². The van der Waals surface area contributed by atoms with Gasteiger partial charge in [-0.2, -0.15) is 0 Å². The number of halogens is 2. The Balaban J connectivity index is 2.13. The van der Waals surface area contributed by atoms with E-state index < -0.39 is 0 Å². The molecule has 1 aliphatic carbocycles. The van der Waals surface area contributed by atoms with Gasteiger partial charge in [-0.1, -0.05) is 28.1 Å². The average molecular weight is 283 g/mol. The molecule has 0 heterocycles. The van der Waals surface area contributed by atoms with E-state index in [1.54, 1.807) is 12.1 Å². The van der Waals surface area contributed by atoms with Crippen LogP contribution >= 0.6 is 15.9 Å². The predicted octanol–water partition coefficient (Wildman–Crippen LogP) is 4.33. The Labute approximate surface area is 103 Å². The zero-order chi connectivity index (χ0) is 11.4. The molecule has 1 aromatic rings. The first-order valence-electron chi connectivity index (χ1n) is 5.18. The van der Waals surface area contributed by atoms with Crippen LogP contribution in [0.15, 0.2) is 42.2 Å². The second-order valence-corrected chi connectivity index (χ2v) is 4.14. The van der Waals surface area contributed by atoms with Gasteiger partial charge < -0.3 is 4.74 Å². The first-order chi connectivity index (χ1) is 7.79. The molecule has 0 saturated carbocycles. The maximum Gasteiger partial charge on any atom is 0.130 e. The number of rotatable bonds is 3. The summed E-state index contributed by atoms with van der Waals surface area (Å²) in [5, 5.41) is 0.516. The van der Waals surface area contributed by atoms with E-state index in [0.29, 0.717) is 16.6 Å². The van der Waals surface area contributed by atoms with Gasteiger partial charge in [-0.3, -0.25) is 0 Å². The quantitative estimate of drug-likeness (QED) is 0.750. The van der Waals surface area contributed by atoms with Crippen molar-refractivity contribution in [1.29, 1.82) is 0 Å².